The minimum absolute atomic E-state index is 0. The Morgan fingerprint density at radius 2 is 1.67 bits per heavy atom. The van der Waals surface area contributed by atoms with E-state index >= 15 is 0 Å². The number of aliphatic imine (C=N–C) groups is 1. The summed E-state index contributed by atoms with van der Waals surface area (Å²) >= 11 is 0. The molecular formula is C19H26IN3O. The molecule has 24 heavy (non-hydrogen) atoms. The molecule has 0 aliphatic rings. The van der Waals surface area contributed by atoms with E-state index < -0.39 is 0 Å². The fourth-order valence-electron chi connectivity index (χ4n) is 2.26. The summed E-state index contributed by atoms with van der Waals surface area (Å²) in [5.74, 6) is 1.11. The van der Waals surface area contributed by atoms with Gasteiger partial charge in [0.15, 0.2) is 5.96 Å². The molecule has 0 aliphatic heterocycles. The van der Waals surface area contributed by atoms with E-state index in [9.17, 15) is 5.11 Å². The molecule has 0 atom stereocenters. The number of nitrogens with zero attached hydrogens (tertiary/aromatic N) is 1. The van der Waals surface area contributed by atoms with Gasteiger partial charge in [-0.15, -0.1) is 24.0 Å². The largest absolute Gasteiger partial charge is 0.508 e. The third-order valence-electron chi connectivity index (χ3n) is 3.48. The van der Waals surface area contributed by atoms with Gasteiger partial charge in [0.25, 0.3) is 0 Å². The quantitative estimate of drug-likeness (QED) is 0.267. The molecule has 0 amide bonds. The molecule has 130 valence electrons. The van der Waals surface area contributed by atoms with E-state index in [1.54, 1.807) is 12.1 Å². The van der Waals surface area contributed by atoms with Crippen molar-refractivity contribution < 1.29 is 5.11 Å². The first-order valence-electron chi connectivity index (χ1n) is 8.12. The van der Waals surface area contributed by atoms with Gasteiger partial charge in [-0.05, 0) is 43.0 Å². The third-order valence-corrected chi connectivity index (χ3v) is 3.48. The van der Waals surface area contributed by atoms with E-state index in [1.807, 2.05) is 18.2 Å². The minimum atomic E-state index is 0. The Hall–Kier alpha value is -1.76. The SMILES string of the molecule is CCNC(=NCc1ccc(O)cc1)NCCCc1ccccc1.I. The predicted octanol–water partition coefficient (Wildman–Crippen LogP) is 3.70. The zero-order chi connectivity index (χ0) is 16.3. The monoisotopic (exact) mass is 439 g/mol. The number of phenolic OH excluding ortho intramolecular Hbond substituents is 1. The summed E-state index contributed by atoms with van der Waals surface area (Å²) in [6.45, 7) is 4.37. The number of benzene rings is 2. The van der Waals surface area contributed by atoms with Gasteiger partial charge in [0.1, 0.15) is 5.75 Å². The van der Waals surface area contributed by atoms with Crippen molar-refractivity contribution in [2.45, 2.75) is 26.3 Å². The molecule has 0 bridgehead atoms. The van der Waals surface area contributed by atoms with Gasteiger partial charge in [-0.2, -0.15) is 0 Å². The van der Waals surface area contributed by atoms with Crippen LogP contribution < -0.4 is 10.6 Å². The molecule has 5 heteroatoms. The van der Waals surface area contributed by atoms with Crippen LogP contribution in [0.25, 0.3) is 0 Å². The van der Waals surface area contributed by atoms with E-state index in [2.05, 4.69) is 46.8 Å². The second-order valence-corrected chi connectivity index (χ2v) is 5.38. The van der Waals surface area contributed by atoms with Gasteiger partial charge in [-0.3, -0.25) is 0 Å². The number of hydrogen-bond donors (Lipinski definition) is 3. The van der Waals surface area contributed by atoms with E-state index in [0.717, 1.165) is 37.5 Å². The van der Waals surface area contributed by atoms with E-state index in [4.69, 9.17) is 0 Å². The molecule has 0 aromatic heterocycles. The van der Waals surface area contributed by atoms with Gasteiger partial charge in [-0.25, -0.2) is 4.99 Å². The van der Waals surface area contributed by atoms with Gasteiger partial charge in [0.2, 0.25) is 0 Å². The molecule has 3 N–H and O–H groups in total. The summed E-state index contributed by atoms with van der Waals surface area (Å²) in [4.78, 5) is 4.57. The highest BCUT2D eigenvalue weighted by molar-refractivity contribution is 14.0. The highest BCUT2D eigenvalue weighted by atomic mass is 127. The summed E-state index contributed by atoms with van der Waals surface area (Å²) in [6, 6.07) is 17.7. The average Bonchev–Trinajstić information content (AvgIpc) is 2.59. The lowest BCUT2D eigenvalue weighted by molar-refractivity contribution is 0.475. The van der Waals surface area contributed by atoms with Crippen LogP contribution in [0.5, 0.6) is 5.75 Å². The fraction of sp³-hybridized carbons (Fsp3) is 0.316. The van der Waals surface area contributed by atoms with E-state index in [-0.39, 0.29) is 29.7 Å². The van der Waals surface area contributed by atoms with Gasteiger partial charge in [-0.1, -0.05) is 42.5 Å². The minimum Gasteiger partial charge on any atom is -0.508 e. The number of hydrogen-bond acceptors (Lipinski definition) is 2. The summed E-state index contributed by atoms with van der Waals surface area (Å²) in [5, 5.41) is 15.9. The molecule has 2 rings (SSSR count). The number of phenols is 1. The van der Waals surface area contributed by atoms with Crippen LogP contribution in [0.4, 0.5) is 0 Å². The molecule has 2 aromatic rings. The number of nitrogens with one attached hydrogen (secondary N) is 2. The number of halogens is 1. The Labute approximate surface area is 161 Å². The maximum Gasteiger partial charge on any atom is 0.191 e. The van der Waals surface area contributed by atoms with Crippen molar-refractivity contribution in [3.63, 3.8) is 0 Å². The Morgan fingerprint density at radius 1 is 0.958 bits per heavy atom. The van der Waals surface area contributed by atoms with Gasteiger partial charge in [0.05, 0.1) is 6.54 Å². The summed E-state index contributed by atoms with van der Waals surface area (Å²) < 4.78 is 0. The van der Waals surface area contributed by atoms with Crippen molar-refractivity contribution in [3.05, 3.63) is 65.7 Å². The average molecular weight is 439 g/mol. The van der Waals surface area contributed by atoms with E-state index in [0.29, 0.717) is 6.54 Å². The van der Waals surface area contributed by atoms with Crippen LogP contribution in [0.15, 0.2) is 59.6 Å². The van der Waals surface area contributed by atoms with Crippen LogP contribution in [0.2, 0.25) is 0 Å². The van der Waals surface area contributed by atoms with Crippen LogP contribution in [0.3, 0.4) is 0 Å². The molecule has 0 saturated carbocycles. The molecule has 0 aliphatic carbocycles. The van der Waals surface area contributed by atoms with Crippen LogP contribution in [-0.4, -0.2) is 24.2 Å². The topological polar surface area (TPSA) is 56.7 Å². The van der Waals surface area contributed by atoms with Crippen molar-refractivity contribution in [1.82, 2.24) is 10.6 Å². The van der Waals surface area contributed by atoms with Crippen molar-refractivity contribution in [2.75, 3.05) is 13.1 Å². The van der Waals surface area contributed by atoms with Gasteiger partial charge in [0, 0.05) is 13.1 Å². The molecule has 0 radical (unpaired) electrons. The fourth-order valence-corrected chi connectivity index (χ4v) is 2.26. The number of aromatic hydroxyl groups is 1. The number of guanidine groups is 1. The lowest BCUT2D eigenvalue weighted by atomic mass is 10.1. The molecule has 0 heterocycles. The summed E-state index contributed by atoms with van der Waals surface area (Å²) in [6.07, 6.45) is 2.12. The lowest BCUT2D eigenvalue weighted by Crippen LogP contribution is -2.37. The van der Waals surface area contributed by atoms with Crippen LogP contribution in [-0.2, 0) is 13.0 Å². The van der Waals surface area contributed by atoms with Gasteiger partial charge < -0.3 is 15.7 Å². The van der Waals surface area contributed by atoms with Crippen molar-refractivity contribution in [3.8, 4) is 5.75 Å². The van der Waals surface area contributed by atoms with Crippen LogP contribution in [0.1, 0.15) is 24.5 Å². The Kier molecular flexibility index (Phi) is 9.91. The highest BCUT2D eigenvalue weighted by Crippen LogP contribution is 2.10. The lowest BCUT2D eigenvalue weighted by Gasteiger charge is -2.11. The second-order valence-electron chi connectivity index (χ2n) is 5.38. The maximum absolute atomic E-state index is 9.30. The summed E-state index contributed by atoms with van der Waals surface area (Å²) in [5.41, 5.74) is 2.43. The zero-order valence-electron chi connectivity index (χ0n) is 14.0. The first-order valence-corrected chi connectivity index (χ1v) is 8.12. The number of rotatable bonds is 7. The van der Waals surface area contributed by atoms with E-state index in [1.165, 1.54) is 5.56 Å². The van der Waals surface area contributed by atoms with Crippen molar-refractivity contribution in [2.24, 2.45) is 4.99 Å². The molecule has 2 aromatic carbocycles. The molecule has 0 spiro atoms. The molecule has 4 nitrogen and oxygen atoms in total. The standard InChI is InChI=1S/C19H25N3O.HI/c1-2-20-19(22-15-17-10-12-18(23)13-11-17)21-14-6-9-16-7-4-3-5-8-16;/h3-5,7-8,10-13,23H,2,6,9,14-15H2,1H3,(H2,20,21,22);1H. The van der Waals surface area contributed by atoms with Crippen LogP contribution in [0, 0.1) is 0 Å². The predicted molar refractivity (Wildman–Crippen MR) is 111 cm³/mol. The Morgan fingerprint density at radius 3 is 2.33 bits per heavy atom. The highest BCUT2D eigenvalue weighted by Gasteiger charge is 1.98. The Balaban J connectivity index is 0.00000288. The van der Waals surface area contributed by atoms with Crippen LogP contribution >= 0.6 is 24.0 Å². The normalized spacial score (nSPS) is 10.8. The maximum atomic E-state index is 9.30. The first-order chi connectivity index (χ1) is 11.3. The van der Waals surface area contributed by atoms with Gasteiger partial charge >= 0.3 is 0 Å². The smallest absolute Gasteiger partial charge is 0.191 e. The second kappa shape index (κ2) is 11.7. The van der Waals surface area contributed by atoms with Crippen molar-refractivity contribution in [1.29, 1.82) is 0 Å². The molecule has 0 unspecified atom stereocenters. The Bertz CT molecular complexity index is 600. The molecule has 0 fully saturated rings. The molecular weight excluding hydrogens is 413 g/mol. The number of aryl methyl sites for hydroxylation is 1. The zero-order valence-corrected chi connectivity index (χ0v) is 16.4. The third kappa shape index (κ3) is 7.68. The summed E-state index contributed by atoms with van der Waals surface area (Å²) in [7, 11) is 0. The first kappa shape index (κ1) is 20.3. The van der Waals surface area contributed by atoms with Crippen molar-refractivity contribution >= 4 is 29.9 Å². The molecule has 0 saturated heterocycles.